The van der Waals surface area contributed by atoms with Gasteiger partial charge in [-0.3, -0.25) is 0 Å². The normalized spacial score (nSPS) is 18.3. The van der Waals surface area contributed by atoms with E-state index in [0.29, 0.717) is 13.0 Å². The Kier molecular flexibility index (Phi) is 2.51. The number of aryl methyl sites for hydroxylation is 2. The van der Waals surface area contributed by atoms with Gasteiger partial charge in [0.15, 0.2) is 0 Å². The number of hydrogen-bond acceptors (Lipinski definition) is 3. The standard InChI is InChI=1S/C12H14N2O/c1-8-5-9(2)12-11(6-8)14-10(3-4-13)7-15-12/h5-6,10,14H,3,7H2,1-2H3. The molecule has 0 fully saturated rings. The van der Waals surface area contributed by atoms with Crippen molar-refractivity contribution >= 4 is 5.69 Å². The summed E-state index contributed by atoms with van der Waals surface area (Å²) in [4.78, 5) is 0. The van der Waals surface area contributed by atoms with Crippen LogP contribution < -0.4 is 10.1 Å². The maximum absolute atomic E-state index is 8.63. The Morgan fingerprint density at radius 3 is 3.07 bits per heavy atom. The number of ether oxygens (including phenoxy) is 1. The highest BCUT2D eigenvalue weighted by atomic mass is 16.5. The quantitative estimate of drug-likeness (QED) is 0.760. The van der Waals surface area contributed by atoms with Crippen molar-refractivity contribution in [1.29, 1.82) is 5.26 Å². The van der Waals surface area contributed by atoms with Crippen molar-refractivity contribution in [2.75, 3.05) is 11.9 Å². The zero-order valence-electron chi connectivity index (χ0n) is 9.00. The minimum atomic E-state index is 0.115. The summed E-state index contributed by atoms with van der Waals surface area (Å²) in [6.45, 7) is 4.67. The summed E-state index contributed by atoms with van der Waals surface area (Å²) < 4.78 is 5.66. The molecule has 2 rings (SSSR count). The SMILES string of the molecule is Cc1cc(C)c2c(c1)NC(CC#N)CO2. The molecule has 1 aromatic carbocycles. The van der Waals surface area contributed by atoms with Gasteiger partial charge in [-0.15, -0.1) is 0 Å². The monoisotopic (exact) mass is 202 g/mol. The zero-order chi connectivity index (χ0) is 10.8. The van der Waals surface area contributed by atoms with Gasteiger partial charge in [0, 0.05) is 0 Å². The van der Waals surface area contributed by atoms with E-state index in [0.717, 1.165) is 17.0 Å². The van der Waals surface area contributed by atoms with Crippen molar-refractivity contribution in [3.8, 4) is 11.8 Å². The molecule has 0 saturated heterocycles. The number of nitriles is 1. The molecule has 1 aliphatic heterocycles. The Hall–Kier alpha value is -1.69. The molecule has 0 amide bonds. The molecule has 0 bridgehead atoms. The fourth-order valence-corrected chi connectivity index (χ4v) is 1.92. The van der Waals surface area contributed by atoms with E-state index in [1.807, 2.05) is 6.92 Å². The van der Waals surface area contributed by atoms with Crippen molar-refractivity contribution in [1.82, 2.24) is 0 Å². The van der Waals surface area contributed by atoms with E-state index in [4.69, 9.17) is 10.00 Å². The van der Waals surface area contributed by atoms with Gasteiger partial charge in [0.2, 0.25) is 0 Å². The van der Waals surface area contributed by atoms with Crippen LogP contribution in [0.4, 0.5) is 5.69 Å². The first-order chi connectivity index (χ1) is 7.20. The fourth-order valence-electron chi connectivity index (χ4n) is 1.92. The van der Waals surface area contributed by atoms with Gasteiger partial charge in [0.05, 0.1) is 24.2 Å². The smallest absolute Gasteiger partial charge is 0.145 e. The predicted octanol–water partition coefficient (Wildman–Crippen LogP) is 2.39. The molecule has 1 N–H and O–H groups in total. The van der Waals surface area contributed by atoms with Crippen LogP contribution in [0.15, 0.2) is 12.1 Å². The minimum absolute atomic E-state index is 0.115. The number of fused-ring (bicyclic) bond motifs is 1. The molecule has 1 unspecified atom stereocenters. The van der Waals surface area contributed by atoms with E-state index < -0.39 is 0 Å². The maximum atomic E-state index is 8.63. The van der Waals surface area contributed by atoms with Crippen molar-refractivity contribution in [2.24, 2.45) is 0 Å². The van der Waals surface area contributed by atoms with Crippen LogP contribution in [0, 0.1) is 25.2 Å². The number of rotatable bonds is 1. The topological polar surface area (TPSA) is 45.0 Å². The second-order valence-corrected chi connectivity index (χ2v) is 3.97. The Morgan fingerprint density at radius 1 is 1.53 bits per heavy atom. The van der Waals surface area contributed by atoms with Gasteiger partial charge >= 0.3 is 0 Å². The molecule has 1 atom stereocenters. The average Bonchev–Trinajstić information content (AvgIpc) is 2.17. The highest BCUT2D eigenvalue weighted by Crippen LogP contribution is 2.33. The fraction of sp³-hybridized carbons (Fsp3) is 0.417. The highest BCUT2D eigenvalue weighted by molar-refractivity contribution is 5.63. The zero-order valence-corrected chi connectivity index (χ0v) is 9.00. The molecular formula is C12H14N2O. The molecule has 1 aliphatic rings. The minimum Gasteiger partial charge on any atom is -0.489 e. The lowest BCUT2D eigenvalue weighted by atomic mass is 10.1. The van der Waals surface area contributed by atoms with Crippen LogP contribution in [-0.4, -0.2) is 12.6 Å². The third kappa shape index (κ3) is 1.89. The summed E-state index contributed by atoms with van der Waals surface area (Å²) in [5.74, 6) is 0.926. The van der Waals surface area contributed by atoms with Crippen LogP contribution >= 0.6 is 0 Å². The number of benzene rings is 1. The number of anilines is 1. The van der Waals surface area contributed by atoms with Crippen LogP contribution in [0.2, 0.25) is 0 Å². The lowest BCUT2D eigenvalue weighted by Gasteiger charge is -2.27. The predicted molar refractivity (Wildman–Crippen MR) is 59.1 cm³/mol. The molecule has 1 heterocycles. The van der Waals surface area contributed by atoms with Gasteiger partial charge in [-0.25, -0.2) is 0 Å². The molecule has 0 radical (unpaired) electrons. The van der Waals surface area contributed by atoms with E-state index >= 15 is 0 Å². The summed E-state index contributed by atoms with van der Waals surface area (Å²) in [6, 6.07) is 6.43. The van der Waals surface area contributed by atoms with Crippen molar-refractivity contribution < 1.29 is 4.74 Å². The molecule has 15 heavy (non-hydrogen) atoms. The molecule has 3 heteroatoms. The number of hydrogen-bond donors (Lipinski definition) is 1. The number of nitrogens with one attached hydrogen (secondary N) is 1. The van der Waals surface area contributed by atoms with Crippen LogP contribution in [-0.2, 0) is 0 Å². The van der Waals surface area contributed by atoms with E-state index in [2.05, 4.69) is 30.4 Å². The third-order valence-corrected chi connectivity index (χ3v) is 2.55. The molecule has 78 valence electrons. The van der Waals surface area contributed by atoms with Crippen LogP contribution in [0.5, 0.6) is 5.75 Å². The van der Waals surface area contributed by atoms with Crippen LogP contribution in [0.1, 0.15) is 17.5 Å². The first kappa shape index (κ1) is 9.85. The van der Waals surface area contributed by atoms with Crippen molar-refractivity contribution in [2.45, 2.75) is 26.3 Å². The summed E-state index contributed by atoms with van der Waals surface area (Å²) in [5, 5.41) is 12.0. The lowest BCUT2D eigenvalue weighted by Crippen LogP contribution is -2.31. The van der Waals surface area contributed by atoms with Crippen molar-refractivity contribution in [3.63, 3.8) is 0 Å². The van der Waals surface area contributed by atoms with Gasteiger partial charge in [-0.05, 0) is 31.0 Å². The van der Waals surface area contributed by atoms with Gasteiger partial charge in [0.1, 0.15) is 12.4 Å². The van der Waals surface area contributed by atoms with Gasteiger partial charge in [-0.1, -0.05) is 6.07 Å². The summed E-state index contributed by atoms with van der Waals surface area (Å²) >= 11 is 0. The highest BCUT2D eigenvalue weighted by Gasteiger charge is 2.20. The summed E-state index contributed by atoms with van der Waals surface area (Å²) in [7, 11) is 0. The Morgan fingerprint density at radius 2 is 2.33 bits per heavy atom. The molecule has 0 spiro atoms. The second kappa shape index (κ2) is 3.82. The van der Waals surface area contributed by atoms with Gasteiger partial charge in [0.25, 0.3) is 0 Å². The Bertz CT molecular complexity index is 420. The lowest BCUT2D eigenvalue weighted by molar-refractivity contribution is 0.284. The third-order valence-electron chi connectivity index (χ3n) is 2.55. The second-order valence-electron chi connectivity index (χ2n) is 3.97. The van der Waals surface area contributed by atoms with Crippen LogP contribution in [0.3, 0.4) is 0 Å². The first-order valence-electron chi connectivity index (χ1n) is 5.08. The number of nitrogens with zero attached hydrogens (tertiary/aromatic N) is 1. The molecule has 3 nitrogen and oxygen atoms in total. The van der Waals surface area contributed by atoms with E-state index in [1.54, 1.807) is 0 Å². The summed E-state index contributed by atoms with van der Waals surface area (Å²) in [6.07, 6.45) is 0.479. The Labute approximate surface area is 89.7 Å². The van der Waals surface area contributed by atoms with E-state index in [1.165, 1.54) is 5.56 Å². The molecule has 0 saturated carbocycles. The van der Waals surface area contributed by atoms with Gasteiger partial charge < -0.3 is 10.1 Å². The maximum Gasteiger partial charge on any atom is 0.145 e. The summed E-state index contributed by atoms with van der Waals surface area (Å²) in [5.41, 5.74) is 3.37. The molecule has 1 aromatic rings. The largest absolute Gasteiger partial charge is 0.489 e. The van der Waals surface area contributed by atoms with Gasteiger partial charge in [-0.2, -0.15) is 5.26 Å². The first-order valence-corrected chi connectivity index (χ1v) is 5.08. The van der Waals surface area contributed by atoms with E-state index in [-0.39, 0.29) is 6.04 Å². The molecular weight excluding hydrogens is 188 g/mol. The molecule has 0 aromatic heterocycles. The van der Waals surface area contributed by atoms with E-state index in [9.17, 15) is 0 Å². The molecule has 0 aliphatic carbocycles. The average molecular weight is 202 g/mol. The van der Waals surface area contributed by atoms with Crippen LogP contribution in [0.25, 0.3) is 0 Å². The van der Waals surface area contributed by atoms with Crippen molar-refractivity contribution in [3.05, 3.63) is 23.3 Å². The Balaban J connectivity index is 2.30.